The maximum absolute atomic E-state index is 12.2. The second kappa shape index (κ2) is 45.6. The van der Waals surface area contributed by atoms with Crippen molar-refractivity contribution in [2.24, 2.45) is 35.5 Å². The van der Waals surface area contributed by atoms with E-state index in [9.17, 15) is 40.2 Å². The zero-order valence-corrected chi connectivity index (χ0v) is 57.2. The van der Waals surface area contributed by atoms with Crippen molar-refractivity contribution in [1.29, 1.82) is 0 Å². The van der Waals surface area contributed by atoms with Gasteiger partial charge in [-0.15, -0.1) is 0 Å². The molecule has 0 aliphatic heterocycles. The predicted octanol–water partition coefficient (Wildman–Crippen LogP) is 8.15. The number of carbonyl (C=O) groups excluding carboxylic acids is 2. The molecule has 0 bridgehead atoms. The molecule has 0 unspecified atom stereocenters. The van der Waals surface area contributed by atoms with E-state index in [0.29, 0.717) is 34.2 Å². The molecule has 0 aromatic heterocycles. The molecule has 20 heteroatoms. The van der Waals surface area contributed by atoms with Crippen LogP contribution in [0, 0.1) is 35.5 Å². The Balaban J connectivity index is 0.000000269. The molecule has 6 aliphatic rings. The molecule has 6 saturated carbocycles. The first-order valence-corrected chi connectivity index (χ1v) is 36.8. The molecule has 0 amide bonds. The van der Waals surface area contributed by atoms with Crippen LogP contribution in [0.4, 0.5) is 0 Å². The van der Waals surface area contributed by atoms with E-state index in [1.165, 1.54) is 49.2 Å². The van der Waals surface area contributed by atoms with Gasteiger partial charge in [0, 0.05) is 42.6 Å². The van der Waals surface area contributed by atoms with Gasteiger partial charge in [-0.1, -0.05) is 84.2 Å². The van der Waals surface area contributed by atoms with E-state index in [1.807, 2.05) is 126 Å². The summed E-state index contributed by atoms with van der Waals surface area (Å²) in [5.41, 5.74) is 1.44. The molecule has 6 fully saturated rings. The summed E-state index contributed by atoms with van der Waals surface area (Å²) in [7, 11) is 11.8. The summed E-state index contributed by atoms with van der Waals surface area (Å²) in [6.07, 6.45) is 22.0. The lowest BCUT2D eigenvalue weighted by molar-refractivity contribution is 0.107. The third-order valence-corrected chi connectivity index (χ3v) is 24.6. The van der Waals surface area contributed by atoms with Gasteiger partial charge in [-0.3, -0.25) is 9.59 Å². The quantitative estimate of drug-likeness (QED) is 0.0445. The number of aliphatic hydroxyl groups is 6. The van der Waals surface area contributed by atoms with Gasteiger partial charge in [0.1, 0.15) is 0 Å². The van der Waals surface area contributed by atoms with Gasteiger partial charge in [0.2, 0.25) is 10.2 Å². The second-order valence-corrected chi connectivity index (χ2v) is 29.2. The van der Waals surface area contributed by atoms with E-state index in [2.05, 4.69) is 69.7 Å². The molecule has 2 aromatic carbocycles. The Labute approximate surface area is 536 Å². The fourth-order valence-electron chi connectivity index (χ4n) is 12.6. The highest BCUT2D eigenvalue weighted by molar-refractivity contribution is 8.15. The molecule has 6 aliphatic carbocycles. The van der Waals surface area contributed by atoms with Crippen molar-refractivity contribution in [1.82, 2.24) is 31.9 Å². The highest BCUT2D eigenvalue weighted by atomic mass is 32.2. The highest BCUT2D eigenvalue weighted by Crippen LogP contribution is 2.41. The number of hydrogen-bond acceptors (Lipinski definition) is 20. The van der Waals surface area contributed by atoms with Crippen LogP contribution in [0.3, 0.4) is 0 Å². The minimum atomic E-state index is -0.348. The number of benzene rings is 2. The van der Waals surface area contributed by atoms with Crippen LogP contribution < -0.4 is 31.9 Å². The molecule has 14 nitrogen and oxygen atoms in total. The standard InChI is InChI=1S/2C15H21NO2S.2C9H19NOS.2C8H17NOS/c2*1-16-10-9-11-7-8-13(17)14(11)19-15(18)12-5-3-2-4-6-12;2*1-10-6-5-7-3-4-8(11)9(7)12-2;2*1-9-5-4-6-2-3-7(10)8(6)11/h2*2-6,11,13-14,16-17H,7-10H2,1H3;2*7-11H,3-6H2,1-2H3;2*6-11H,2-5H2,1H3/t2*11-,13-,14-;2*7-,8-,9-;2*6-,7-,8-/m101010/s1. The average Bonchev–Trinajstić information content (AvgIpc) is 4.58. The Bertz CT molecular complexity index is 1850. The Morgan fingerprint density at radius 2 is 0.595 bits per heavy atom. The minimum Gasteiger partial charge on any atom is -0.392 e. The summed E-state index contributed by atoms with van der Waals surface area (Å²) in [5.74, 6) is 3.53. The molecule has 2 aromatic rings. The van der Waals surface area contributed by atoms with E-state index in [1.54, 1.807) is 0 Å². The van der Waals surface area contributed by atoms with Crippen molar-refractivity contribution in [3.8, 4) is 0 Å². The van der Waals surface area contributed by atoms with E-state index >= 15 is 0 Å². The van der Waals surface area contributed by atoms with Gasteiger partial charge >= 0.3 is 0 Å². The average molecular weight is 1290 g/mol. The van der Waals surface area contributed by atoms with Gasteiger partial charge in [-0.2, -0.15) is 48.8 Å². The summed E-state index contributed by atoms with van der Waals surface area (Å²) in [6, 6.07) is 18.6. The van der Waals surface area contributed by atoms with E-state index in [-0.39, 0.29) is 67.9 Å². The van der Waals surface area contributed by atoms with Crippen molar-refractivity contribution < 1.29 is 40.2 Å². The lowest BCUT2D eigenvalue weighted by atomic mass is 10.0. The number of carbonyl (C=O) groups is 2. The molecule has 0 radical (unpaired) electrons. The molecule has 484 valence electrons. The molecule has 12 N–H and O–H groups in total. The van der Waals surface area contributed by atoms with Crippen LogP contribution >= 0.6 is 72.3 Å². The van der Waals surface area contributed by atoms with Crippen molar-refractivity contribution in [3.63, 3.8) is 0 Å². The fraction of sp³-hybridized carbons (Fsp3) is 0.781. The van der Waals surface area contributed by atoms with E-state index in [4.69, 9.17) is 0 Å². The summed E-state index contributed by atoms with van der Waals surface area (Å²) in [6.45, 7) is 6.10. The molecular formula is C64H114N6O8S6. The highest BCUT2D eigenvalue weighted by Gasteiger charge is 2.39. The lowest BCUT2D eigenvalue weighted by Gasteiger charge is -2.20. The zero-order chi connectivity index (χ0) is 61.8. The lowest BCUT2D eigenvalue weighted by Crippen LogP contribution is -2.26. The normalized spacial score (nSPS) is 32.1. The maximum atomic E-state index is 12.2. The number of rotatable bonds is 24. The van der Waals surface area contributed by atoms with Crippen molar-refractivity contribution in [2.45, 2.75) is 184 Å². The van der Waals surface area contributed by atoms with Crippen molar-refractivity contribution >= 4 is 82.5 Å². The minimum absolute atomic E-state index is 0.0426. The number of aliphatic hydroxyl groups excluding tert-OH is 6. The smallest absolute Gasteiger partial charge is 0.219 e. The van der Waals surface area contributed by atoms with Crippen LogP contribution in [0.5, 0.6) is 0 Å². The SMILES string of the molecule is CNCC[C@@H]1CC[C@H](O)[C@H]1S.CNCC[C@@H]1CC[C@H](O)[C@H]1SC.CNCC[C@@H]1CC[C@H](O)[C@H]1SC(=O)c1ccccc1.CNCC[C@H]1CC[C@@H](O)[C@@H]1S.CNCC[C@H]1CC[C@@H](O)[C@@H]1SC.CNCC[C@H]1CC[C@@H](O)[C@@H]1SC(=O)c1ccccc1. The van der Waals surface area contributed by atoms with Gasteiger partial charge in [0.15, 0.2) is 0 Å². The summed E-state index contributed by atoms with van der Waals surface area (Å²) in [4.78, 5) is 24.4. The second-order valence-electron chi connectivity index (χ2n) is 23.6. The number of nitrogens with one attached hydrogen (secondary N) is 6. The third kappa shape index (κ3) is 27.9. The Hall–Kier alpha value is -0.600. The molecule has 0 saturated heterocycles. The molecule has 84 heavy (non-hydrogen) atoms. The summed E-state index contributed by atoms with van der Waals surface area (Å²) in [5, 5.41) is 78.5. The van der Waals surface area contributed by atoms with Crippen LogP contribution in [-0.4, -0.2) is 203 Å². The zero-order valence-electron chi connectivity index (χ0n) is 52.2. The van der Waals surface area contributed by atoms with Gasteiger partial charge in [-0.05, 0) is 245 Å². The Kier molecular flexibility index (Phi) is 42.2. The molecular weight excluding hydrogens is 1170 g/mol. The van der Waals surface area contributed by atoms with Crippen LogP contribution in [0.25, 0.3) is 0 Å². The largest absolute Gasteiger partial charge is 0.392 e. The molecule has 8 rings (SSSR count). The topological polar surface area (TPSA) is 228 Å². The fourth-order valence-corrected chi connectivity index (χ4v) is 18.3. The Morgan fingerprint density at radius 1 is 0.369 bits per heavy atom. The molecule has 0 heterocycles. The van der Waals surface area contributed by atoms with E-state index in [0.717, 1.165) is 152 Å². The number of thioether (sulfide) groups is 4. The van der Waals surface area contributed by atoms with Gasteiger partial charge in [0.25, 0.3) is 0 Å². The van der Waals surface area contributed by atoms with Gasteiger partial charge in [0.05, 0.1) is 36.6 Å². The van der Waals surface area contributed by atoms with Crippen LogP contribution in [0.2, 0.25) is 0 Å². The first-order valence-electron chi connectivity index (χ1n) is 31.4. The Morgan fingerprint density at radius 3 is 0.833 bits per heavy atom. The molecule has 18 atom stereocenters. The predicted molar refractivity (Wildman–Crippen MR) is 368 cm³/mol. The monoisotopic (exact) mass is 1290 g/mol. The van der Waals surface area contributed by atoms with Crippen molar-refractivity contribution in [3.05, 3.63) is 71.8 Å². The van der Waals surface area contributed by atoms with Gasteiger partial charge in [-0.25, -0.2) is 0 Å². The number of thiol groups is 2. The van der Waals surface area contributed by atoms with E-state index < -0.39 is 0 Å². The van der Waals surface area contributed by atoms with Crippen LogP contribution in [-0.2, 0) is 0 Å². The van der Waals surface area contributed by atoms with Crippen LogP contribution in [0.15, 0.2) is 60.7 Å². The molecule has 0 spiro atoms. The third-order valence-electron chi connectivity index (χ3n) is 17.8. The maximum Gasteiger partial charge on any atom is 0.219 e. The van der Waals surface area contributed by atoms with Crippen LogP contribution in [0.1, 0.15) is 136 Å². The summed E-state index contributed by atoms with van der Waals surface area (Å²) >= 11 is 15.0. The van der Waals surface area contributed by atoms with Crippen molar-refractivity contribution in [2.75, 3.05) is 94.1 Å². The summed E-state index contributed by atoms with van der Waals surface area (Å²) < 4.78 is 0. The van der Waals surface area contributed by atoms with Gasteiger partial charge < -0.3 is 62.5 Å². The first kappa shape index (κ1) is 77.6. The number of hydrogen-bond donors (Lipinski definition) is 14. The first-order chi connectivity index (χ1) is 40.5.